The van der Waals surface area contributed by atoms with Crippen LogP contribution in [0.1, 0.15) is 32.6 Å². The highest BCUT2D eigenvalue weighted by molar-refractivity contribution is 5.76. The van der Waals surface area contributed by atoms with Gasteiger partial charge in [-0.2, -0.15) is 0 Å². The topological polar surface area (TPSA) is 55.1 Å². The van der Waals surface area contributed by atoms with Gasteiger partial charge in [-0.25, -0.2) is 0 Å². The summed E-state index contributed by atoms with van der Waals surface area (Å²) in [5.41, 5.74) is 5.26. The van der Waals surface area contributed by atoms with E-state index in [0.717, 1.165) is 44.7 Å². The van der Waals surface area contributed by atoms with Gasteiger partial charge in [0.2, 0.25) is 5.91 Å². The number of nitrogens with one attached hydrogen (secondary N) is 1. The molecule has 0 saturated heterocycles. The van der Waals surface area contributed by atoms with E-state index in [1.165, 1.54) is 0 Å². The lowest BCUT2D eigenvalue weighted by Gasteiger charge is -2.26. The third-order valence-corrected chi connectivity index (χ3v) is 2.93. The van der Waals surface area contributed by atoms with Crippen molar-refractivity contribution in [2.45, 2.75) is 32.6 Å². The van der Waals surface area contributed by atoms with Crippen molar-refractivity contribution in [1.82, 2.24) is 5.32 Å². The van der Waals surface area contributed by atoms with E-state index in [-0.39, 0.29) is 11.8 Å². The monoisotopic (exact) mass is 184 g/mol. The fourth-order valence-corrected chi connectivity index (χ4v) is 2.00. The van der Waals surface area contributed by atoms with E-state index < -0.39 is 0 Å². The van der Waals surface area contributed by atoms with E-state index in [1.54, 1.807) is 0 Å². The van der Waals surface area contributed by atoms with Gasteiger partial charge in [0.05, 0.1) is 0 Å². The number of nitrogens with two attached hydrogens (primary N) is 1. The van der Waals surface area contributed by atoms with Crippen LogP contribution < -0.4 is 11.1 Å². The van der Waals surface area contributed by atoms with Gasteiger partial charge in [-0.15, -0.1) is 0 Å². The fourth-order valence-electron chi connectivity index (χ4n) is 2.00. The minimum Gasteiger partial charge on any atom is -0.369 e. The summed E-state index contributed by atoms with van der Waals surface area (Å²) in [6.45, 7) is 4.26. The molecule has 0 bridgehead atoms. The maximum atomic E-state index is 10.9. The highest BCUT2D eigenvalue weighted by atomic mass is 16.1. The normalized spacial score (nSPS) is 28.7. The molecule has 1 fully saturated rings. The molecule has 0 unspecified atom stereocenters. The highest BCUT2D eigenvalue weighted by Crippen LogP contribution is 2.27. The van der Waals surface area contributed by atoms with Gasteiger partial charge in [0.1, 0.15) is 0 Å². The predicted molar refractivity (Wildman–Crippen MR) is 53.2 cm³/mol. The molecule has 0 aliphatic heterocycles. The van der Waals surface area contributed by atoms with Crippen molar-refractivity contribution in [1.29, 1.82) is 0 Å². The first kappa shape index (κ1) is 10.5. The van der Waals surface area contributed by atoms with Crippen molar-refractivity contribution in [3.05, 3.63) is 0 Å². The molecule has 1 rings (SSSR count). The number of hydrogen-bond acceptors (Lipinski definition) is 2. The number of primary amides is 1. The zero-order valence-corrected chi connectivity index (χ0v) is 8.38. The molecule has 1 amide bonds. The van der Waals surface area contributed by atoms with Gasteiger partial charge in [-0.1, -0.05) is 6.92 Å². The van der Waals surface area contributed by atoms with Crippen LogP contribution in [0.2, 0.25) is 0 Å². The predicted octanol–water partition coefficient (Wildman–Crippen LogP) is 0.888. The average Bonchev–Trinajstić information content (AvgIpc) is 2.15. The van der Waals surface area contributed by atoms with Crippen LogP contribution in [0.5, 0.6) is 0 Å². The molecule has 0 radical (unpaired) electrons. The molecule has 1 aliphatic rings. The second-order valence-electron chi connectivity index (χ2n) is 3.93. The third kappa shape index (κ3) is 3.35. The molecule has 3 N–H and O–H groups in total. The van der Waals surface area contributed by atoms with Crippen molar-refractivity contribution in [2.24, 2.45) is 17.6 Å². The van der Waals surface area contributed by atoms with Crippen molar-refractivity contribution >= 4 is 5.91 Å². The van der Waals surface area contributed by atoms with E-state index >= 15 is 0 Å². The first-order valence-electron chi connectivity index (χ1n) is 5.24. The summed E-state index contributed by atoms with van der Waals surface area (Å²) in [5.74, 6) is 0.801. The van der Waals surface area contributed by atoms with Gasteiger partial charge >= 0.3 is 0 Å². The summed E-state index contributed by atoms with van der Waals surface area (Å²) >= 11 is 0. The maximum Gasteiger partial charge on any atom is 0.220 e. The van der Waals surface area contributed by atoms with Crippen LogP contribution in [-0.2, 0) is 4.79 Å². The Hall–Kier alpha value is -0.570. The first-order valence-corrected chi connectivity index (χ1v) is 5.24. The standard InChI is InChI=1S/C10H20N2O/c1-2-12-7-8-3-5-9(6-4-8)10(11)13/h8-9,12H,2-7H2,1H3,(H2,11,13). The Labute approximate surface area is 80.1 Å². The molecule has 0 aromatic carbocycles. The molecule has 0 heterocycles. The average molecular weight is 184 g/mol. The Morgan fingerprint density at radius 2 is 2.00 bits per heavy atom. The van der Waals surface area contributed by atoms with Crippen LogP contribution in [0.25, 0.3) is 0 Å². The molecule has 76 valence electrons. The summed E-state index contributed by atoms with van der Waals surface area (Å²) in [4.78, 5) is 10.9. The number of carbonyl (C=O) groups is 1. The van der Waals surface area contributed by atoms with Crippen LogP contribution in [0.3, 0.4) is 0 Å². The number of hydrogen-bond donors (Lipinski definition) is 2. The van der Waals surface area contributed by atoms with Gasteiger partial charge < -0.3 is 11.1 Å². The lowest BCUT2D eigenvalue weighted by atomic mass is 9.82. The molecule has 0 atom stereocenters. The number of amides is 1. The van der Waals surface area contributed by atoms with Crippen LogP contribution in [0, 0.1) is 11.8 Å². The molecular formula is C10H20N2O. The summed E-state index contributed by atoms with van der Waals surface area (Å²) in [6.07, 6.45) is 4.29. The van der Waals surface area contributed by atoms with Gasteiger partial charge in [0.15, 0.2) is 0 Å². The Kier molecular flexibility index (Phi) is 4.22. The Balaban J connectivity index is 2.18. The molecule has 0 aromatic heterocycles. The molecule has 0 spiro atoms. The van der Waals surface area contributed by atoms with E-state index in [1.807, 2.05) is 0 Å². The lowest BCUT2D eigenvalue weighted by molar-refractivity contribution is -0.122. The van der Waals surface area contributed by atoms with Crippen molar-refractivity contribution in [3.63, 3.8) is 0 Å². The van der Waals surface area contributed by atoms with Crippen LogP contribution in [0.4, 0.5) is 0 Å². The van der Waals surface area contributed by atoms with Gasteiger partial charge in [-0.05, 0) is 44.7 Å². The Morgan fingerprint density at radius 3 is 2.46 bits per heavy atom. The second-order valence-corrected chi connectivity index (χ2v) is 3.93. The fraction of sp³-hybridized carbons (Fsp3) is 0.900. The molecule has 3 heteroatoms. The largest absolute Gasteiger partial charge is 0.369 e. The highest BCUT2D eigenvalue weighted by Gasteiger charge is 2.23. The smallest absolute Gasteiger partial charge is 0.220 e. The van der Waals surface area contributed by atoms with Gasteiger partial charge in [0.25, 0.3) is 0 Å². The maximum absolute atomic E-state index is 10.9. The molecule has 0 aromatic rings. The zero-order valence-electron chi connectivity index (χ0n) is 8.38. The molecule has 1 aliphatic carbocycles. The van der Waals surface area contributed by atoms with E-state index in [2.05, 4.69) is 12.2 Å². The molecule has 1 saturated carbocycles. The van der Waals surface area contributed by atoms with Crippen molar-refractivity contribution in [2.75, 3.05) is 13.1 Å². The minimum atomic E-state index is -0.109. The minimum absolute atomic E-state index is 0.109. The summed E-state index contributed by atoms with van der Waals surface area (Å²) in [6, 6.07) is 0. The SMILES string of the molecule is CCNCC1CCC(C(N)=O)CC1. The van der Waals surface area contributed by atoms with Crippen molar-refractivity contribution < 1.29 is 4.79 Å². The molecule has 3 nitrogen and oxygen atoms in total. The third-order valence-electron chi connectivity index (χ3n) is 2.93. The lowest BCUT2D eigenvalue weighted by Crippen LogP contribution is -2.31. The molecule has 13 heavy (non-hydrogen) atoms. The first-order chi connectivity index (χ1) is 6.24. The van der Waals surface area contributed by atoms with Crippen LogP contribution >= 0.6 is 0 Å². The Morgan fingerprint density at radius 1 is 1.38 bits per heavy atom. The van der Waals surface area contributed by atoms with Crippen LogP contribution in [-0.4, -0.2) is 19.0 Å². The van der Waals surface area contributed by atoms with Gasteiger partial charge in [-0.3, -0.25) is 4.79 Å². The van der Waals surface area contributed by atoms with E-state index in [4.69, 9.17) is 5.73 Å². The Bertz CT molecular complexity index is 162. The summed E-state index contributed by atoms with van der Waals surface area (Å²) in [5, 5.41) is 3.35. The quantitative estimate of drug-likeness (QED) is 0.681. The van der Waals surface area contributed by atoms with Crippen LogP contribution in [0.15, 0.2) is 0 Å². The van der Waals surface area contributed by atoms with E-state index in [9.17, 15) is 4.79 Å². The van der Waals surface area contributed by atoms with E-state index in [0.29, 0.717) is 0 Å². The number of carbonyl (C=O) groups excluding carboxylic acids is 1. The number of rotatable bonds is 4. The zero-order chi connectivity index (χ0) is 9.68. The summed E-state index contributed by atoms with van der Waals surface area (Å²) in [7, 11) is 0. The molecular weight excluding hydrogens is 164 g/mol. The van der Waals surface area contributed by atoms with Crippen molar-refractivity contribution in [3.8, 4) is 0 Å². The van der Waals surface area contributed by atoms with Gasteiger partial charge in [0, 0.05) is 5.92 Å². The second kappa shape index (κ2) is 5.22. The summed E-state index contributed by atoms with van der Waals surface area (Å²) < 4.78 is 0.